The monoisotopic (exact) mass is 199 g/mol. The van der Waals surface area contributed by atoms with Crippen LogP contribution in [0.5, 0.6) is 0 Å². The Morgan fingerprint density at radius 2 is 2.14 bits per heavy atom. The molecule has 0 amide bonds. The average Bonchev–Trinajstić information content (AvgIpc) is 2.62. The maximum Gasteiger partial charge on any atom is 0.0728 e. The molecule has 2 N–H and O–H groups in total. The van der Waals surface area contributed by atoms with E-state index in [2.05, 4.69) is 13.8 Å². The van der Waals surface area contributed by atoms with Crippen LogP contribution < -0.4 is 5.73 Å². The zero-order valence-electron chi connectivity index (χ0n) is 9.16. The van der Waals surface area contributed by atoms with Gasteiger partial charge in [-0.05, 0) is 39.5 Å². The zero-order valence-corrected chi connectivity index (χ0v) is 9.16. The summed E-state index contributed by atoms with van der Waals surface area (Å²) < 4.78 is 11.3. The summed E-state index contributed by atoms with van der Waals surface area (Å²) in [4.78, 5) is 0. The molecule has 2 rings (SSSR count). The van der Waals surface area contributed by atoms with Gasteiger partial charge in [-0.15, -0.1) is 0 Å². The van der Waals surface area contributed by atoms with E-state index in [9.17, 15) is 0 Å². The van der Waals surface area contributed by atoms with Gasteiger partial charge in [0.05, 0.1) is 18.3 Å². The van der Waals surface area contributed by atoms with Crippen LogP contribution in [0.15, 0.2) is 0 Å². The maximum atomic E-state index is 6.32. The number of hydrogen-bond acceptors (Lipinski definition) is 3. The fraction of sp³-hybridized carbons (Fsp3) is 1.00. The predicted molar refractivity (Wildman–Crippen MR) is 55.1 cm³/mol. The standard InChI is InChI=1S/C11H21NO2/c1-8-3-4-10(14-8)7-11(12)5-6-13-9(11)2/h8-10H,3-7,12H2,1-2H3. The molecule has 4 atom stereocenters. The third-order valence-corrected chi connectivity index (χ3v) is 3.67. The van der Waals surface area contributed by atoms with Crippen molar-refractivity contribution >= 4 is 0 Å². The molecule has 0 aromatic carbocycles. The van der Waals surface area contributed by atoms with Crippen molar-refractivity contribution in [3.8, 4) is 0 Å². The van der Waals surface area contributed by atoms with E-state index in [1.807, 2.05) is 0 Å². The molecule has 0 aliphatic carbocycles. The highest BCUT2D eigenvalue weighted by Gasteiger charge is 2.41. The van der Waals surface area contributed by atoms with Crippen LogP contribution in [-0.2, 0) is 9.47 Å². The molecule has 2 aliphatic heterocycles. The first-order valence-electron chi connectivity index (χ1n) is 5.66. The van der Waals surface area contributed by atoms with Crippen LogP contribution in [0.1, 0.15) is 39.5 Å². The van der Waals surface area contributed by atoms with Crippen molar-refractivity contribution in [1.29, 1.82) is 0 Å². The largest absolute Gasteiger partial charge is 0.377 e. The summed E-state index contributed by atoms with van der Waals surface area (Å²) in [5.41, 5.74) is 6.18. The minimum absolute atomic E-state index is 0.144. The highest BCUT2D eigenvalue weighted by Crippen LogP contribution is 2.32. The maximum absolute atomic E-state index is 6.32. The molecule has 2 saturated heterocycles. The lowest BCUT2D eigenvalue weighted by molar-refractivity contribution is 0.0213. The van der Waals surface area contributed by atoms with Gasteiger partial charge in [0.25, 0.3) is 0 Å². The molecule has 14 heavy (non-hydrogen) atoms. The smallest absolute Gasteiger partial charge is 0.0728 e. The predicted octanol–water partition coefficient (Wildman–Crippen LogP) is 1.45. The Kier molecular flexibility index (Phi) is 2.82. The third kappa shape index (κ3) is 1.95. The van der Waals surface area contributed by atoms with Crippen LogP contribution >= 0.6 is 0 Å². The van der Waals surface area contributed by atoms with E-state index in [4.69, 9.17) is 15.2 Å². The molecule has 0 aromatic heterocycles. The van der Waals surface area contributed by atoms with Gasteiger partial charge in [-0.3, -0.25) is 0 Å². The second-order valence-corrected chi connectivity index (χ2v) is 4.85. The second-order valence-electron chi connectivity index (χ2n) is 4.85. The van der Waals surface area contributed by atoms with Crippen LogP contribution in [-0.4, -0.2) is 30.5 Å². The molecule has 0 spiro atoms. The number of hydrogen-bond donors (Lipinski definition) is 1. The Bertz CT molecular complexity index is 209. The molecule has 2 fully saturated rings. The lowest BCUT2D eigenvalue weighted by Crippen LogP contribution is -2.48. The molecule has 0 radical (unpaired) electrons. The molecule has 0 aromatic rings. The van der Waals surface area contributed by atoms with Crippen molar-refractivity contribution in [2.24, 2.45) is 5.73 Å². The van der Waals surface area contributed by atoms with Gasteiger partial charge in [0.2, 0.25) is 0 Å². The molecule has 0 saturated carbocycles. The molecule has 82 valence electrons. The van der Waals surface area contributed by atoms with Gasteiger partial charge in [0, 0.05) is 12.1 Å². The third-order valence-electron chi connectivity index (χ3n) is 3.67. The van der Waals surface area contributed by atoms with Crippen molar-refractivity contribution in [3.63, 3.8) is 0 Å². The van der Waals surface area contributed by atoms with E-state index in [1.165, 1.54) is 6.42 Å². The first-order valence-corrected chi connectivity index (χ1v) is 5.66. The van der Waals surface area contributed by atoms with Crippen LogP contribution in [0, 0.1) is 0 Å². The van der Waals surface area contributed by atoms with Crippen molar-refractivity contribution in [2.45, 2.75) is 63.4 Å². The van der Waals surface area contributed by atoms with Gasteiger partial charge in [0.15, 0.2) is 0 Å². The van der Waals surface area contributed by atoms with E-state index < -0.39 is 0 Å². The Labute approximate surface area is 85.9 Å². The molecule has 2 aliphatic rings. The van der Waals surface area contributed by atoms with Crippen molar-refractivity contribution < 1.29 is 9.47 Å². The SMILES string of the molecule is CC1CCC(CC2(N)CCOC2C)O1. The molecule has 4 unspecified atom stereocenters. The van der Waals surface area contributed by atoms with Gasteiger partial charge >= 0.3 is 0 Å². The normalized spacial score (nSPS) is 48.6. The molecule has 3 heteroatoms. The topological polar surface area (TPSA) is 44.5 Å². The van der Waals surface area contributed by atoms with Gasteiger partial charge in [-0.25, -0.2) is 0 Å². The Morgan fingerprint density at radius 1 is 1.36 bits per heavy atom. The highest BCUT2D eigenvalue weighted by atomic mass is 16.5. The molecule has 2 heterocycles. The van der Waals surface area contributed by atoms with Crippen LogP contribution in [0.2, 0.25) is 0 Å². The van der Waals surface area contributed by atoms with Crippen LogP contribution in [0.25, 0.3) is 0 Å². The molecular weight excluding hydrogens is 178 g/mol. The van der Waals surface area contributed by atoms with Gasteiger partial charge in [-0.1, -0.05) is 0 Å². The van der Waals surface area contributed by atoms with Crippen molar-refractivity contribution in [3.05, 3.63) is 0 Å². The van der Waals surface area contributed by atoms with Gasteiger partial charge < -0.3 is 15.2 Å². The van der Waals surface area contributed by atoms with E-state index in [0.29, 0.717) is 12.2 Å². The summed E-state index contributed by atoms with van der Waals surface area (Å²) in [7, 11) is 0. The minimum Gasteiger partial charge on any atom is -0.377 e. The molecule has 3 nitrogen and oxygen atoms in total. The molecular formula is C11H21NO2. The lowest BCUT2D eigenvalue weighted by Gasteiger charge is -2.30. The molecule has 0 bridgehead atoms. The Hall–Kier alpha value is -0.120. The lowest BCUT2D eigenvalue weighted by atomic mass is 9.86. The van der Waals surface area contributed by atoms with E-state index >= 15 is 0 Å². The highest BCUT2D eigenvalue weighted by molar-refractivity contribution is 4.97. The number of nitrogens with two attached hydrogens (primary N) is 1. The summed E-state index contributed by atoms with van der Waals surface area (Å²) in [5.74, 6) is 0. The summed E-state index contributed by atoms with van der Waals surface area (Å²) in [6, 6.07) is 0. The number of ether oxygens (including phenoxy) is 2. The first-order chi connectivity index (χ1) is 6.60. The Morgan fingerprint density at radius 3 is 2.64 bits per heavy atom. The van der Waals surface area contributed by atoms with Crippen molar-refractivity contribution in [1.82, 2.24) is 0 Å². The summed E-state index contributed by atoms with van der Waals surface area (Å²) in [5, 5.41) is 0. The van der Waals surface area contributed by atoms with Crippen molar-refractivity contribution in [2.75, 3.05) is 6.61 Å². The van der Waals surface area contributed by atoms with Crippen LogP contribution in [0.3, 0.4) is 0 Å². The summed E-state index contributed by atoms with van der Waals surface area (Å²) >= 11 is 0. The summed E-state index contributed by atoms with van der Waals surface area (Å²) in [6.45, 7) is 5.02. The fourth-order valence-electron chi connectivity index (χ4n) is 2.52. The quantitative estimate of drug-likeness (QED) is 0.732. The second kappa shape index (κ2) is 3.80. The summed E-state index contributed by atoms with van der Waals surface area (Å²) in [6.07, 6.45) is 5.23. The van der Waals surface area contributed by atoms with Crippen LogP contribution in [0.4, 0.5) is 0 Å². The minimum atomic E-state index is -0.144. The average molecular weight is 199 g/mol. The first kappa shape index (κ1) is 10.4. The van der Waals surface area contributed by atoms with E-state index in [0.717, 1.165) is 25.9 Å². The zero-order chi connectivity index (χ0) is 10.2. The van der Waals surface area contributed by atoms with E-state index in [-0.39, 0.29) is 11.6 Å². The van der Waals surface area contributed by atoms with E-state index in [1.54, 1.807) is 0 Å². The Balaban J connectivity index is 1.90. The van der Waals surface area contributed by atoms with Gasteiger partial charge in [-0.2, -0.15) is 0 Å². The fourth-order valence-corrected chi connectivity index (χ4v) is 2.52. The van der Waals surface area contributed by atoms with Gasteiger partial charge in [0.1, 0.15) is 0 Å². The number of rotatable bonds is 2.